The Bertz CT molecular complexity index is 434. The highest BCUT2D eigenvalue weighted by molar-refractivity contribution is 5.95. The summed E-state index contributed by atoms with van der Waals surface area (Å²) in [6, 6.07) is 6.95. The van der Waals surface area contributed by atoms with Crippen molar-refractivity contribution in [2.24, 2.45) is 5.92 Å². The van der Waals surface area contributed by atoms with Gasteiger partial charge in [-0.15, -0.1) is 0 Å². The number of hydrogen-bond acceptors (Lipinski definition) is 3. The summed E-state index contributed by atoms with van der Waals surface area (Å²) < 4.78 is 0. The average Bonchev–Trinajstić information content (AvgIpc) is 2.59. The van der Waals surface area contributed by atoms with E-state index >= 15 is 0 Å². The molecule has 1 unspecified atom stereocenters. The Kier molecular flexibility index (Phi) is 4.80. The van der Waals surface area contributed by atoms with Crippen molar-refractivity contribution in [3.05, 3.63) is 24.3 Å². The Labute approximate surface area is 114 Å². The third-order valence-corrected chi connectivity index (χ3v) is 3.58. The largest absolute Gasteiger partial charge is 0.508 e. The number of anilines is 1. The molecule has 4 nitrogen and oxygen atoms in total. The summed E-state index contributed by atoms with van der Waals surface area (Å²) in [5.41, 5.74) is 0.799. The van der Waals surface area contributed by atoms with Crippen LogP contribution in [-0.4, -0.2) is 30.6 Å². The van der Waals surface area contributed by atoms with Crippen molar-refractivity contribution in [3.63, 3.8) is 0 Å². The molecule has 1 fully saturated rings. The molecule has 1 amide bonds. The van der Waals surface area contributed by atoms with Gasteiger partial charge in [-0.1, -0.05) is 19.4 Å². The van der Waals surface area contributed by atoms with Crippen LogP contribution in [0.5, 0.6) is 5.75 Å². The van der Waals surface area contributed by atoms with E-state index in [9.17, 15) is 9.90 Å². The van der Waals surface area contributed by atoms with Gasteiger partial charge < -0.3 is 15.3 Å². The van der Waals surface area contributed by atoms with Gasteiger partial charge in [-0.25, -0.2) is 0 Å². The van der Waals surface area contributed by atoms with E-state index in [1.165, 1.54) is 0 Å². The lowest BCUT2D eigenvalue weighted by atomic mass is 10.0. The molecule has 2 N–H and O–H groups in total. The predicted molar refractivity (Wildman–Crippen MR) is 76.3 cm³/mol. The van der Waals surface area contributed by atoms with Crippen LogP contribution in [0.3, 0.4) is 0 Å². The van der Waals surface area contributed by atoms with Crippen LogP contribution in [-0.2, 0) is 4.79 Å². The number of phenolic OH excluding ortho intramolecular Hbond substituents is 1. The highest BCUT2D eigenvalue weighted by atomic mass is 16.3. The zero-order chi connectivity index (χ0) is 13.7. The van der Waals surface area contributed by atoms with Gasteiger partial charge in [0.05, 0.1) is 5.92 Å². The van der Waals surface area contributed by atoms with Crippen LogP contribution in [0.25, 0.3) is 0 Å². The van der Waals surface area contributed by atoms with E-state index in [1.807, 2.05) is 17.9 Å². The third kappa shape index (κ3) is 3.47. The second-order valence-electron chi connectivity index (χ2n) is 5.01. The topological polar surface area (TPSA) is 52.6 Å². The highest BCUT2D eigenvalue weighted by Crippen LogP contribution is 2.26. The van der Waals surface area contributed by atoms with Crippen LogP contribution in [0.2, 0.25) is 0 Å². The Morgan fingerprint density at radius 2 is 2.26 bits per heavy atom. The summed E-state index contributed by atoms with van der Waals surface area (Å²) in [6.07, 6.45) is 3.04. The van der Waals surface area contributed by atoms with Crippen molar-refractivity contribution >= 4 is 11.6 Å². The molecule has 1 aromatic rings. The third-order valence-electron chi connectivity index (χ3n) is 3.58. The van der Waals surface area contributed by atoms with E-state index in [2.05, 4.69) is 5.32 Å². The standard InChI is InChI=1S/C15H22N2O2/c1-2-16-11-12-6-3-4-9-17(15(12)19)13-7-5-8-14(18)10-13/h5,7-8,10,12,16,18H,2-4,6,9,11H2,1H3. The second kappa shape index (κ2) is 6.57. The molecule has 2 rings (SSSR count). The lowest BCUT2D eigenvalue weighted by Gasteiger charge is -2.24. The molecular formula is C15H22N2O2. The van der Waals surface area contributed by atoms with Crippen LogP contribution in [0.4, 0.5) is 5.69 Å². The van der Waals surface area contributed by atoms with Gasteiger partial charge in [-0.05, 0) is 31.5 Å². The van der Waals surface area contributed by atoms with Crippen molar-refractivity contribution in [1.29, 1.82) is 0 Å². The Hall–Kier alpha value is -1.55. The number of rotatable bonds is 4. The molecule has 104 valence electrons. The smallest absolute Gasteiger partial charge is 0.231 e. The van der Waals surface area contributed by atoms with Crippen LogP contribution in [0, 0.1) is 5.92 Å². The minimum atomic E-state index is 0.0461. The van der Waals surface area contributed by atoms with Crippen molar-refractivity contribution < 1.29 is 9.90 Å². The Balaban J connectivity index is 2.16. The summed E-state index contributed by atoms with van der Waals surface area (Å²) in [4.78, 5) is 14.4. The Morgan fingerprint density at radius 1 is 1.42 bits per heavy atom. The van der Waals surface area contributed by atoms with Gasteiger partial charge in [0.15, 0.2) is 0 Å². The minimum absolute atomic E-state index is 0.0461. The maximum Gasteiger partial charge on any atom is 0.231 e. The van der Waals surface area contributed by atoms with Gasteiger partial charge in [-0.2, -0.15) is 0 Å². The summed E-state index contributed by atoms with van der Waals surface area (Å²) in [5.74, 6) is 0.423. The highest BCUT2D eigenvalue weighted by Gasteiger charge is 2.27. The van der Waals surface area contributed by atoms with E-state index in [-0.39, 0.29) is 17.6 Å². The fourth-order valence-electron chi connectivity index (χ4n) is 2.54. The lowest BCUT2D eigenvalue weighted by Crippen LogP contribution is -2.39. The molecule has 0 aliphatic carbocycles. The Morgan fingerprint density at radius 3 is 3.00 bits per heavy atom. The molecule has 1 aromatic carbocycles. The van der Waals surface area contributed by atoms with E-state index < -0.39 is 0 Å². The minimum Gasteiger partial charge on any atom is -0.508 e. The molecule has 0 radical (unpaired) electrons. The SMILES string of the molecule is CCNCC1CCCCN(c2cccc(O)c2)C1=O. The monoisotopic (exact) mass is 262 g/mol. The summed E-state index contributed by atoms with van der Waals surface area (Å²) >= 11 is 0. The molecule has 1 saturated heterocycles. The van der Waals surface area contributed by atoms with E-state index in [1.54, 1.807) is 18.2 Å². The van der Waals surface area contributed by atoms with Crippen LogP contribution < -0.4 is 10.2 Å². The normalized spacial score (nSPS) is 20.4. The molecule has 0 bridgehead atoms. The van der Waals surface area contributed by atoms with Gasteiger partial charge in [0.2, 0.25) is 5.91 Å². The van der Waals surface area contributed by atoms with Crippen molar-refractivity contribution in [2.75, 3.05) is 24.5 Å². The van der Waals surface area contributed by atoms with Crippen LogP contribution >= 0.6 is 0 Å². The van der Waals surface area contributed by atoms with Gasteiger partial charge in [-0.3, -0.25) is 4.79 Å². The second-order valence-corrected chi connectivity index (χ2v) is 5.01. The van der Waals surface area contributed by atoms with E-state index in [4.69, 9.17) is 0 Å². The number of nitrogens with zero attached hydrogens (tertiary/aromatic N) is 1. The first kappa shape index (κ1) is 13.9. The number of phenols is 1. The summed E-state index contributed by atoms with van der Waals surface area (Å²) in [7, 11) is 0. The quantitative estimate of drug-likeness (QED) is 0.874. The number of benzene rings is 1. The summed E-state index contributed by atoms with van der Waals surface area (Å²) in [6.45, 7) is 4.42. The molecule has 0 aromatic heterocycles. The zero-order valence-corrected chi connectivity index (χ0v) is 11.4. The molecule has 19 heavy (non-hydrogen) atoms. The maximum absolute atomic E-state index is 12.6. The first-order chi connectivity index (χ1) is 9.22. The fraction of sp³-hybridized carbons (Fsp3) is 0.533. The zero-order valence-electron chi connectivity index (χ0n) is 11.4. The molecule has 0 spiro atoms. The number of carbonyl (C=O) groups excluding carboxylic acids is 1. The molecule has 4 heteroatoms. The van der Waals surface area contributed by atoms with Crippen molar-refractivity contribution in [3.8, 4) is 5.75 Å². The lowest BCUT2D eigenvalue weighted by molar-refractivity contribution is -0.122. The number of amides is 1. The molecule has 0 saturated carbocycles. The van der Waals surface area contributed by atoms with Gasteiger partial charge in [0.1, 0.15) is 5.75 Å². The number of carbonyl (C=O) groups is 1. The maximum atomic E-state index is 12.6. The van der Waals surface area contributed by atoms with E-state index in [0.29, 0.717) is 0 Å². The fourth-order valence-corrected chi connectivity index (χ4v) is 2.54. The molecule has 1 aliphatic heterocycles. The number of hydrogen-bond donors (Lipinski definition) is 2. The van der Waals surface area contributed by atoms with Crippen LogP contribution in [0.15, 0.2) is 24.3 Å². The molecule has 1 heterocycles. The van der Waals surface area contributed by atoms with Crippen molar-refractivity contribution in [1.82, 2.24) is 5.32 Å². The van der Waals surface area contributed by atoms with Gasteiger partial charge >= 0.3 is 0 Å². The number of nitrogens with one attached hydrogen (secondary N) is 1. The first-order valence-electron chi connectivity index (χ1n) is 7.03. The van der Waals surface area contributed by atoms with Gasteiger partial charge in [0, 0.05) is 24.8 Å². The van der Waals surface area contributed by atoms with Crippen LogP contribution in [0.1, 0.15) is 26.2 Å². The molecular weight excluding hydrogens is 240 g/mol. The first-order valence-corrected chi connectivity index (χ1v) is 7.03. The molecule has 1 aliphatic rings. The van der Waals surface area contributed by atoms with E-state index in [0.717, 1.165) is 44.6 Å². The average molecular weight is 262 g/mol. The van der Waals surface area contributed by atoms with Crippen molar-refractivity contribution in [2.45, 2.75) is 26.2 Å². The predicted octanol–water partition coefficient (Wildman–Crippen LogP) is 2.13. The van der Waals surface area contributed by atoms with Gasteiger partial charge in [0.25, 0.3) is 0 Å². The number of aromatic hydroxyl groups is 1. The summed E-state index contributed by atoms with van der Waals surface area (Å²) in [5, 5.41) is 12.8. The molecule has 1 atom stereocenters.